The number of aromatic nitrogens is 2. The standard InChI is InChI=1S/C18H25N5O2/c1-4-19-16-12-17(23-13(3)22-16)20-10-11-21-18(24)14-6-8-15(9-7-14)25-5-2/h6-9,12H,4-5,10-11H2,1-3H3,(H,21,24)(H2,19,20,22,23). The van der Waals surface area contributed by atoms with E-state index in [2.05, 4.69) is 25.9 Å². The second-order valence-corrected chi connectivity index (χ2v) is 5.36. The molecule has 0 fully saturated rings. The van der Waals surface area contributed by atoms with Gasteiger partial charge in [0, 0.05) is 31.3 Å². The van der Waals surface area contributed by atoms with Crippen LogP contribution in [0.3, 0.4) is 0 Å². The highest BCUT2D eigenvalue weighted by atomic mass is 16.5. The first kappa shape index (κ1) is 18.5. The quantitative estimate of drug-likeness (QED) is 0.606. The second-order valence-electron chi connectivity index (χ2n) is 5.36. The van der Waals surface area contributed by atoms with Crippen LogP contribution in [0, 0.1) is 6.92 Å². The maximum Gasteiger partial charge on any atom is 0.251 e. The number of benzene rings is 1. The lowest BCUT2D eigenvalue weighted by atomic mass is 10.2. The van der Waals surface area contributed by atoms with Crippen LogP contribution >= 0.6 is 0 Å². The zero-order valence-electron chi connectivity index (χ0n) is 14.9. The molecule has 1 heterocycles. The number of amides is 1. The maximum atomic E-state index is 12.1. The Bertz CT molecular complexity index is 688. The van der Waals surface area contributed by atoms with Crippen LogP contribution in [0.2, 0.25) is 0 Å². The molecule has 7 heteroatoms. The zero-order valence-corrected chi connectivity index (χ0v) is 14.9. The van der Waals surface area contributed by atoms with Gasteiger partial charge in [-0.3, -0.25) is 4.79 Å². The van der Waals surface area contributed by atoms with Crippen LogP contribution in [-0.2, 0) is 0 Å². The number of carbonyl (C=O) groups excluding carboxylic acids is 1. The number of nitrogens with zero attached hydrogens (tertiary/aromatic N) is 2. The van der Waals surface area contributed by atoms with E-state index in [4.69, 9.17) is 4.74 Å². The van der Waals surface area contributed by atoms with Crippen molar-refractivity contribution in [1.29, 1.82) is 0 Å². The summed E-state index contributed by atoms with van der Waals surface area (Å²) in [4.78, 5) is 20.7. The van der Waals surface area contributed by atoms with E-state index in [1.807, 2.05) is 26.8 Å². The van der Waals surface area contributed by atoms with Gasteiger partial charge in [0.25, 0.3) is 5.91 Å². The molecule has 1 amide bonds. The van der Waals surface area contributed by atoms with Gasteiger partial charge in [0.1, 0.15) is 23.2 Å². The molecule has 25 heavy (non-hydrogen) atoms. The Kier molecular flexibility index (Phi) is 7.00. The Labute approximate surface area is 148 Å². The van der Waals surface area contributed by atoms with E-state index in [-0.39, 0.29) is 5.91 Å². The predicted octanol–water partition coefficient (Wildman–Crippen LogP) is 2.46. The number of rotatable bonds is 9. The molecule has 0 aliphatic heterocycles. The normalized spacial score (nSPS) is 10.2. The molecule has 0 saturated carbocycles. The first-order chi connectivity index (χ1) is 12.1. The molecule has 0 saturated heterocycles. The Balaban J connectivity index is 1.79. The van der Waals surface area contributed by atoms with Crippen molar-refractivity contribution >= 4 is 17.5 Å². The van der Waals surface area contributed by atoms with Crippen molar-refractivity contribution in [3.05, 3.63) is 41.7 Å². The van der Waals surface area contributed by atoms with Crippen molar-refractivity contribution < 1.29 is 9.53 Å². The van der Waals surface area contributed by atoms with E-state index in [1.165, 1.54) is 0 Å². The molecule has 0 unspecified atom stereocenters. The number of anilines is 2. The number of carbonyl (C=O) groups is 1. The summed E-state index contributed by atoms with van der Waals surface area (Å²) in [7, 11) is 0. The number of ether oxygens (including phenoxy) is 1. The predicted molar refractivity (Wildman–Crippen MR) is 99.4 cm³/mol. The average molecular weight is 343 g/mol. The van der Waals surface area contributed by atoms with Gasteiger partial charge in [-0.25, -0.2) is 9.97 Å². The molecule has 2 rings (SSSR count). The van der Waals surface area contributed by atoms with Crippen LogP contribution < -0.4 is 20.7 Å². The van der Waals surface area contributed by atoms with E-state index in [0.29, 0.717) is 31.1 Å². The molecule has 1 aromatic carbocycles. The van der Waals surface area contributed by atoms with Crippen molar-refractivity contribution in [3.8, 4) is 5.75 Å². The minimum absolute atomic E-state index is 0.114. The van der Waals surface area contributed by atoms with Gasteiger partial charge >= 0.3 is 0 Å². The van der Waals surface area contributed by atoms with Gasteiger partial charge in [-0.2, -0.15) is 0 Å². The summed E-state index contributed by atoms with van der Waals surface area (Å²) >= 11 is 0. The van der Waals surface area contributed by atoms with Crippen molar-refractivity contribution in [2.75, 3.05) is 36.9 Å². The third kappa shape index (κ3) is 5.95. The number of aryl methyl sites for hydroxylation is 1. The molecule has 0 spiro atoms. The molecule has 0 radical (unpaired) electrons. The van der Waals surface area contributed by atoms with Crippen LogP contribution in [0.4, 0.5) is 11.6 Å². The summed E-state index contributed by atoms with van der Waals surface area (Å²) < 4.78 is 5.37. The molecule has 0 bridgehead atoms. The minimum atomic E-state index is -0.114. The molecular formula is C18H25N5O2. The van der Waals surface area contributed by atoms with Crippen molar-refractivity contribution in [3.63, 3.8) is 0 Å². The van der Waals surface area contributed by atoms with Crippen LogP contribution in [-0.4, -0.2) is 42.1 Å². The largest absolute Gasteiger partial charge is 0.494 e. The molecule has 0 aliphatic carbocycles. The molecule has 3 N–H and O–H groups in total. The molecule has 0 atom stereocenters. The smallest absolute Gasteiger partial charge is 0.251 e. The SMILES string of the molecule is CCNc1cc(NCCNC(=O)c2ccc(OCC)cc2)nc(C)n1. The van der Waals surface area contributed by atoms with Gasteiger partial charge in [0.2, 0.25) is 0 Å². The summed E-state index contributed by atoms with van der Waals surface area (Å²) in [6.07, 6.45) is 0. The highest BCUT2D eigenvalue weighted by molar-refractivity contribution is 5.94. The van der Waals surface area contributed by atoms with Crippen molar-refractivity contribution in [1.82, 2.24) is 15.3 Å². The lowest BCUT2D eigenvalue weighted by molar-refractivity contribution is 0.0955. The highest BCUT2D eigenvalue weighted by Crippen LogP contribution is 2.12. The molecule has 7 nitrogen and oxygen atoms in total. The highest BCUT2D eigenvalue weighted by Gasteiger charge is 2.05. The lowest BCUT2D eigenvalue weighted by Crippen LogP contribution is -2.28. The topological polar surface area (TPSA) is 88.2 Å². The van der Waals surface area contributed by atoms with Gasteiger partial charge in [-0.15, -0.1) is 0 Å². The number of hydrogen-bond donors (Lipinski definition) is 3. The van der Waals surface area contributed by atoms with E-state index in [0.717, 1.165) is 23.9 Å². The van der Waals surface area contributed by atoms with Crippen LogP contribution in [0.5, 0.6) is 5.75 Å². The fraction of sp³-hybridized carbons (Fsp3) is 0.389. The summed E-state index contributed by atoms with van der Waals surface area (Å²) in [6, 6.07) is 8.95. The van der Waals surface area contributed by atoms with E-state index in [1.54, 1.807) is 24.3 Å². The summed E-state index contributed by atoms with van der Waals surface area (Å²) in [5.41, 5.74) is 0.607. The van der Waals surface area contributed by atoms with Gasteiger partial charge in [0.05, 0.1) is 6.61 Å². The Morgan fingerprint density at radius 3 is 2.36 bits per heavy atom. The molecule has 0 aliphatic rings. The molecule has 134 valence electrons. The molecule has 1 aromatic heterocycles. The van der Waals surface area contributed by atoms with Crippen molar-refractivity contribution in [2.24, 2.45) is 0 Å². The second kappa shape index (κ2) is 9.46. The monoisotopic (exact) mass is 343 g/mol. The first-order valence-corrected chi connectivity index (χ1v) is 8.46. The molecule has 2 aromatic rings. The third-order valence-corrected chi connectivity index (χ3v) is 3.34. The fourth-order valence-corrected chi connectivity index (χ4v) is 2.27. The summed E-state index contributed by atoms with van der Waals surface area (Å²) in [6.45, 7) is 8.26. The van der Waals surface area contributed by atoms with Gasteiger partial charge in [-0.05, 0) is 45.0 Å². The summed E-state index contributed by atoms with van der Waals surface area (Å²) in [5, 5.41) is 9.23. The number of hydrogen-bond acceptors (Lipinski definition) is 6. The summed E-state index contributed by atoms with van der Waals surface area (Å²) in [5.74, 6) is 2.86. The minimum Gasteiger partial charge on any atom is -0.494 e. The zero-order chi connectivity index (χ0) is 18.1. The van der Waals surface area contributed by atoms with Gasteiger partial charge < -0.3 is 20.7 Å². The fourth-order valence-electron chi connectivity index (χ4n) is 2.27. The number of nitrogens with one attached hydrogen (secondary N) is 3. The van der Waals surface area contributed by atoms with E-state index in [9.17, 15) is 4.79 Å². The Hall–Kier alpha value is -2.83. The van der Waals surface area contributed by atoms with Gasteiger partial charge in [-0.1, -0.05) is 0 Å². The van der Waals surface area contributed by atoms with E-state index < -0.39 is 0 Å². The average Bonchev–Trinajstić information content (AvgIpc) is 2.59. The van der Waals surface area contributed by atoms with Crippen molar-refractivity contribution in [2.45, 2.75) is 20.8 Å². The van der Waals surface area contributed by atoms with Crippen LogP contribution in [0.25, 0.3) is 0 Å². The maximum absolute atomic E-state index is 12.1. The third-order valence-electron chi connectivity index (χ3n) is 3.34. The van der Waals surface area contributed by atoms with E-state index >= 15 is 0 Å². The van der Waals surface area contributed by atoms with Gasteiger partial charge in [0.15, 0.2) is 0 Å². The Morgan fingerprint density at radius 1 is 1.04 bits per heavy atom. The Morgan fingerprint density at radius 2 is 1.72 bits per heavy atom. The first-order valence-electron chi connectivity index (χ1n) is 8.46. The lowest BCUT2D eigenvalue weighted by Gasteiger charge is -2.10. The molecular weight excluding hydrogens is 318 g/mol. The van der Waals surface area contributed by atoms with Crippen LogP contribution in [0.1, 0.15) is 30.0 Å². The van der Waals surface area contributed by atoms with Crippen LogP contribution in [0.15, 0.2) is 30.3 Å².